The van der Waals surface area contributed by atoms with Crippen LogP contribution in [0.25, 0.3) is 42.6 Å². The maximum Gasteiger partial charge on any atom is 0.0704 e. The minimum Gasteiger partial charge on any atom is -0.256 e. The number of hydrogen-bond acceptors (Lipinski definition) is 2. The molecule has 0 N–H and O–H groups in total. The zero-order valence-corrected chi connectivity index (χ0v) is 20.2. The van der Waals surface area contributed by atoms with Crippen LogP contribution in [-0.2, 0) is 6.42 Å². The third-order valence-corrected chi connectivity index (χ3v) is 8.49. The lowest BCUT2D eigenvalue weighted by Gasteiger charge is -2.10. The Labute approximate surface area is 200 Å². The van der Waals surface area contributed by atoms with E-state index < -0.39 is 0 Å². The number of hydrogen-bond donors (Lipinski definition) is 0. The molecule has 33 heavy (non-hydrogen) atoms. The minimum absolute atomic E-state index is 0.856. The van der Waals surface area contributed by atoms with Crippen LogP contribution in [0.5, 0.6) is 0 Å². The lowest BCUT2D eigenvalue weighted by Crippen LogP contribution is -1.99. The number of rotatable bonds is 4. The third kappa shape index (κ3) is 3.87. The van der Waals surface area contributed by atoms with Crippen molar-refractivity contribution < 1.29 is 0 Å². The Morgan fingerprint density at radius 3 is 2.39 bits per heavy atom. The topological polar surface area (TPSA) is 12.9 Å². The molecule has 164 valence electrons. The van der Waals surface area contributed by atoms with Crippen LogP contribution in [0, 0.1) is 19.8 Å². The minimum atomic E-state index is 0.856. The molecule has 0 atom stereocenters. The summed E-state index contributed by atoms with van der Waals surface area (Å²) < 4.78 is 2.69. The highest BCUT2D eigenvalue weighted by Gasteiger charge is 2.16. The fraction of sp³-hybridized carbons (Fsp3) is 0.258. The molecule has 0 unspecified atom stereocenters. The van der Waals surface area contributed by atoms with Crippen LogP contribution in [0.3, 0.4) is 0 Å². The van der Waals surface area contributed by atoms with E-state index in [2.05, 4.69) is 80.6 Å². The van der Waals surface area contributed by atoms with Crippen molar-refractivity contribution in [2.45, 2.75) is 46.0 Å². The van der Waals surface area contributed by atoms with Crippen LogP contribution < -0.4 is 0 Å². The van der Waals surface area contributed by atoms with Crippen LogP contribution in [-0.4, -0.2) is 4.98 Å². The molecule has 3 aromatic carbocycles. The van der Waals surface area contributed by atoms with Crippen LogP contribution in [0.1, 0.15) is 42.4 Å². The summed E-state index contributed by atoms with van der Waals surface area (Å²) in [5, 5.41) is 2.68. The summed E-state index contributed by atoms with van der Waals surface area (Å²) in [7, 11) is 0. The number of aromatic nitrogens is 1. The number of benzene rings is 3. The molecule has 1 fully saturated rings. The average molecular weight is 448 g/mol. The molecule has 0 spiro atoms. The summed E-state index contributed by atoms with van der Waals surface area (Å²) in [6.07, 6.45) is 8.75. The Balaban J connectivity index is 1.39. The highest BCUT2D eigenvalue weighted by molar-refractivity contribution is 7.25. The molecule has 0 radical (unpaired) electrons. The number of aryl methyl sites for hydroxylation is 2. The highest BCUT2D eigenvalue weighted by atomic mass is 32.1. The second-order valence-corrected chi connectivity index (χ2v) is 10.8. The van der Waals surface area contributed by atoms with Crippen molar-refractivity contribution >= 4 is 31.5 Å². The van der Waals surface area contributed by atoms with Gasteiger partial charge in [0, 0.05) is 31.9 Å². The molecule has 2 aromatic heterocycles. The second kappa shape index (κ2) is 8.43. The molecular weight excluding hydrogens is 418 g/mol. The number of nitrogens with zero attached hydrogens (tertiary/aromatic N) is 1. The molecule has 1 aliphatic rings. The molecule has 1 nitrogen and oxygen atoms in total. The van der Waals surface area contributed by atoms with Crippen molar-refractivity contribution in [3.8, 4) is 22.4 Å². The zero-order chi connectivity index (χ0) is 22.4. The Hall–Kier alpha value is -2.97. The van der Waals surface area contributed by atoms with Gasteiger partial charge in [-0.1, -0.05) is 62.1 Å². The normalized spacial score (nSPS) is 14.5. The standard InChI is InChI=1S/C31H29NS/c1-20-6-5-7-21(2)31(20)25-10-12-26-27-18-24(11-13-29(27)33-30(26)19-25)28-17-23(14-15-32-28)16-22-8-3-4-9-22/h5-7,10-15,17-19,22H,3-4,8-9,16H2,1-2H3. The van der Waals surface area contributed by atoms with E-state index in [1.165, 1.54) is 85.7 Å². The quantitative estimate of drug-likeness (QED) is 0.268. The number of fused-ring (bicyclic) bond motifs is 3. The van der Waals surface area contributed by atoms with Crippen molar-refractivity contribution in [2.75, 3.05) is 0 Å². The molecule has 2 heterocycles. The van der Waals surface area contributed by atoms with Crippen LogP contribution in [0.2, 0.25) is 0 Å². The van der Waals surface area contributed by atoms with E-state index in [4.69, 9.17) is 4.98 Å². The molecule has 0 aliphatic heterocycles. The summed E-state index contributed by atoms with van der Waals surface area (Å²) in [5.41, 5.74) is 9.09. The predicted octanol–water partition coefficient (Wildman–Crippen LogP) is 9.13. The maximum absolute atomic E-state index is 4.73. The van der Waals surface area contributed by atoms with Crippen molar-refractivity contribution in [1.29, 1.82) is 0 Å². The Morgan fingerprint density at radius 1 is 0.788 bits per heavy atom. The molecule has 0 amide bonds. The van der Waals surface area contributed by atoms with Crippen molar-refractivity contribution in [2.24, 2.45) is 5.92 Å². The largest absolute Gasteiger partial charge is 0.256 e. The zero-order valence-electron chi connectivity index (χ0n) is 19.4. The molecule has 6 rings (SSSR count). The van der Waals surface area contributed by atoms with Crippen molar-refractivity contribution in [1.82, 2.24) is 4.98 Å². The van der Waals surface area contributed by atoms with E-state index in [9.17, 15) is 0 Å². The van der Waals surface area contributed by atoms with Gasteiger partial charge < -0.3 is 0 Å². The fourth-order valence-corrected chi connectivity index (χ4v) is 6.79. The summed E-state index contributed by atoms with van der Waals surface area (Å²) in [5.74, 6) is 0.856. The average Bonchev–Trinajstić information content (AvgIpc) is 3.46. The first kappa shape index (κ1) is 20.6. The van der Waals surface area contributed by atoms with E-state index in [-0.39, 0.29) is 0 Å². The van der Waals surface area contributed by atoms with Gasteiger partial charge in [0.1, 0.15) is 0 Å². The van der Waals surface area contributed by atoms with E-state index in [0.29, 0.717) is 0 Å². The van der Waals surface area contributed by atoms with Gasteiger partial charge in [-0.3, -0.25) is 4.98 Å². The first-order chi connectivity index (χ1) is 16.2. The molecule has 1 saturated carbocycles. The first-order valence-electron chi connectivity index (χ1n) is 12.1. The Bertz CT molecular complexity index is 1450. The lowest BCUT2D eigenvalue weighted by molar-refractivity contribution is 0.546. The van der Waals surface area contributed by atoms with Gasteiger partial charge in [0.05, 0.1) is 5.69 Å². The second-order valence-electron chi connectivity index (χ2n) is 9.69. The van der Waals surface area contributed by atoms with Crippen LogP contribution in [0.15, 0.2) is 72.9 Å². The summed E-state index contributed by atoms with van der Waals surface area (Å²) in [6.45, 7) is 4.41. The van der Waals surface area contributed by atoms with Crippen molar-refractivity contribution in [3.05, 3.63) is 89.6 Å². The van der Waals surface area contributed by atoms with E-state index >= 15 is 0 Å². The molecule has 0 bridgehead atoms. The summed E-state index contributed by atoms with van der Waals surface area (Å²) in [6, 6.07) is 24.9. The van der Waals surface area contributed by atoms with E-state index in [0.717, 1.165) is 11.6 Å². The highest BCUT2D eigenvalue weighted by Crippen LogP contribution is 2.39. The Morgan fingerprint density at radius 2 is 1.58 bits per heavy atom. The van der Waals surface area contributed by atoms with Gasteiger partial charge in [-0.15, -0.1) is 11.3 Å². The van der Waals surface area contributed by atoms with Gasteiger partial charge in [0.25, 0.3) is 0 Å². The summed E-state index contributed by atoms with van der Waals surface area (Å²) in [4.78, 5) is 4.73. The molecule has 0 saturated heterocycles. The molecular formula is C31H29NS. The first-order valence-corrected chi connectivity index (χ1v) is 13.0. The smallest absolute Gasteiger partial charge is 0.0704 e. The Kier molecular flexibility index (Phi) is 5.27. The van der Waals surface area contributed by atoms with Crippen LogP contribution >= 0.6 is 11.3 Å². The molecule has 5 aromatic rings. The monoisotopic (exact) mass is 447 g/mol. The fourth-order valence-electron chi connectivity index (χ4n) is 5.67. The lowest BCUT2D eigenvalue weighted by atomic mass is 9.95. The molecule has 1 aliphatic carbocycles. The summed E-state index contributed by atoms with van der Waals surface area (Å²) >= 11 is 1.89. The molecule has 2 heteroatoms. The van der Waals surface area contributed by atoms with Gasteiger partial charge >= 0.3 is 0 Å². The van der Waals surface area contributed by atoms with Crippen molar-refractivity contribution in [3.63, 3.8) is 0 Å². The van der Waals surface area contributed by atoms with Gasteiger partial charge in [-0.05, 0) is 84.3 Å². The van der Waals surface area contributed by atoms with E-state index in [1.54, 1.807) is 0 Å². The number of thiophene rings is 1. The SMILES string of the molecule is Cc1cccc(C)c1-c1ccc2c(c1)sc1ccc(-c3cc(CC4CCCC4)ccn3)cc12. The predicted molar refractivity (Wildman–Crippen MR) is 143 cm³/mol. The van der Waals surface area contributed by atoms with Gasteiger partial charge in [-0.2, -0.15) is 0 Å². The van der Waals surface area contributed by atoms with Gasteiger partial charge in [0.15, 0.2) is 0 Å². The third-order valence-electron chi connectivity index (χ3n) is 7.36. The number of pyridine rings is 1. The van der Waals surface area contributed by atoms with Gasteiger partial charge in [-0.25, -0.2) is 0 Å². The van der Waals surface area contributed by atoms with Gasteiger partial charge in [0.2, 0.25) is 0 Å². The van der Waals surface area contributed by atoms with Crippen LogP contribution in [0.4, 0.5) is 0 Å². The maximum atomic E-state index is 4.73. The van der Waals surface area contributed by atoms with E-state index in [1.807, 2.05) is 17.5 Å².